The van der Waals surface area contributed by atoms with Crippen molar-refractivity contribution in [3.05, 3.63) is 29.7 Å². The maximum Gasteiger partial charge on any atom is 0.487 e. The minimum absolute atomic E-state index is 0.325. The van der Waals surface area contributed by atoms with E-state index >= 15 is 0 Å². The lowest BCUT2D eigenvalue weighted by atomic mass is 9.89. The van der Waals surface area contributed by atoms with Crippen LogP contribution in [0, 0.1) is 0 Å². The van der Waals surface area contributed by atoms with Gasteiger partial charge in [0.1, 0.15) is 11.5 Å². The molecule has 0 N–H and O–H groups in total. The third kappa shape index (κ3) is 3.42. The van der Waals surface area contributed by atoms with E-state index in [2.05, 4.69) is 0 Å². The molecule has 0 spiro atoms. The lowest BCUT2D eigenvalue weighted by Gasteiger charge is -2.32. The van der Waals surface area contributed by atoms with Crippen LogP contribution in [0.15, 0.2) is 24.2 Å². The molecular formula is C16H23BO4. The van der Waals surface area contributed by atoms with Crippen molar-refractivity contribution >= 4 is 13.2 Å². The summed E-state index contributed by atoms with van der Waals surface area (Å²) in [6, 6.07) is 5.71. The largest absolute Gasteiger partial charge is 0.497 e. The number of methoxy groups -OCH3 is 2. The van der Waals surface area contributed by atoms with E-state index in [0.717, 1.165) is 17.1 Å². The Hall–Kier alpha value is -1.46. The molecular weight excluding hydrogens is 267 g/mol. The van der Waals surface area contributed by atoms with Gasteiger partial charge in [0.2, 0.25) is 0 Å². The van der Waals surface area contributed by atoms with Crippen LogP contribution in [0.5, 0.6) is 11.5 Å². The van der Waals surface area contributed by atoms with Crippen LogP contribution in [0.3, 0.4) is 0 Å². The topological polar surface area (TPSA) is 36.9 Å². The number of hydrogen-bond donors (Lipinski definition) is 0. The van der Waals surface area contributed by atoms with E-state index in [-0.39, 0.29) is 18.3 Å². The Morgan fingerprint density at radius 3 is 1.81 bits per heavy atom. The number of rotatable bonds is 4. The van der Waals surface area contributed by atoms with Crippen molar-refractivity contribution in [3.63, 3.8) is 0 Å². The zero-order valence-corrected chi connectivity index (χ0v) is 13.6. The molecule has 1 aliphatic rings. The van der Waals surface area contributed by atoms with Gasteiger partial charge >= 0.3 is 7.12 Å². The number of ether oxygens (including phenoxy) is 2. The van der Waals surface area contributed by atoms with Crippen LogP contribution in [-0.2, 0) is 9.31 Å². The van der Waals surface area contributed by atoms with E-state index in [1.807, 2.05) is 57.9 Å². The maximum absolute atomic E-state index is 5.93. The third-order valence-corrected chi connectivity index (χ3v) is 4.09. The molecule has 0 bridgehead atoms. The Bertz CT molecular complexity index is 499. The molecule has 4 nitrogen and oxygen atoms in total. The molecule has 0 amide bonds. The Labute approximate surface area is 127 Å². The molecule has 1 saturated heterocycles. The SMILES string of the molecule is COc1cc(/C=C/B2OC(C)(C)C(C)(C)O2)cc(OC)c1. The number of benzene rings is 1. The Morgan fingerprint density at radius 1 is 0.905 bits per heavy atom. The van der Waals surface area contributed by atoms with Crippen molar-refractivity contribution in [2.45, 2.75) is 38.9 Å². The predicted molar refractivity (Wildman–Crippen MR) is 84.7 cm³/mol. The molecule has 2 rings (SSSR count). The first-order chi connectivity index (χ1) is 9.77. The van der Waals surface area contributed by atoms with Gasteiger partial charge < -0.3 is 18.8 Å². The summed E-state index contributed by atoms with van der Waals surface area (Å²) in [6.07, 6.45) is 1.95. The van der Waals surface area contributed by atoms with Gasteiger partial charge in [-0.1, -0.05) is 12.1 Å². The summed E-state index contributed by atoms with van der Waals surface area (Å²) in [5.74, 6) is 3.41. The second-order valence-corrected chi connectivity index (χ2v) is 6.13. The van der Waals surface area contributed by atoms with E-state index in [1.54, 1.807) is 14.2 Å². The third-order valence-electron chi connectivity index (χ3n) is 4.09. The molecule has 21 heavy (non-hydrogen) atoms. The lowest BCUT2D eigenvalue weighted by Crippen LogP contribution is -2.41. The summed E-state index contributed by atoms with van der Waals surface area (Å²) < 4.78 is 22.4. The fourth-order valence-corrected chi connectivity index (χ4v) is 2.08. The Morgan fingerprint density at radius 2 is 1.38 bits per heavy atom. The van der Waals surface area contributed by atoms with Gasteiger partial charge in [0.25, 0.3) is 0 Å². The average molecular weight is 290 g/mol. The molecule has 0 atom stereocenters. The summed E-state index contributed by atoms with van der Waals surface area (Å²) in [6.45, 7) is 8.15. The van der Waals surface area contributed by atoms with Crippen molar-refractivity contribution in [2.24, 2.45) is 0 Å². The van der Waals surface area contributed by atoms with E-state index in [0.29, 0.717) is 0 Å². The summed E-state index contributed by atoms with van der Waals surface area (Å²) in [5.41, 5.74) is 0.322. The Balaban J connectivity index is 2.15. The fraction of sp³-hybridized carbons (Fsp3) is 0.500. The van der Waals surface area contributed by atoms with Crippen molar-refractivity contribution < 1.29 is 18.8 Å². The molecule has 0 unspecified atom stereocenters. The van der Waals surface area contributed by atoms with Crippen molar-refractivity contribution in [3.8, 4) is 11.5 Å². The second-order valence-electron chi connectivity index (χ2n) is 6.13. The van der Waals surface area contributed by atoms with Crippen molar-refractivity contribution in [1.29, 1.82) is 0 Å². The molecule has 0 saturated carbocycles. The van der Waals surface area contributed by atoms with Gasteiger partial charge in [-0.25, -0.2) is 0 Å². The van der Waals surface area contributed by atoms with Gasteiger partial charge in [-0.15, -0.1) is 0 Å². The van der Waals surface area contributed by atoms with Crippen LogP contribution >= 0.6 is 0 Å². The fourth-order valence-electron chi connectivity index (χ4n) is 2.08. The molecule has 1 fully saturated rings. The summed E-state index contributed by atoms with van der Waals surface area (Å²) in [7, 11) is 2.92. The Kier molecular flexibility index (Phi) is 4.35. The van der Waals surface area contributed by atoms with Gasteiger partial charge in [-0.05, 0) is 45.4 Å². The van der Waals surface area contributed by atoms with Crippen molar-refractivity contribution in [2.75, 3.05) is 14.2 Å². The minimum atomic E-state index is -0.354. The van der Waals surface area contributed by atoms with Crippen LogP contribution in [0.25, 0.3) is 6.08 Å². The highest BCUT2D eigenvalue weighted by Gasteiger charge is 2.49. The van der Waals surface area contributed by atoms with Gasteiger partial charge in [-0.3, -0.25) is 0 Å². The lowest BCUT2D eigenvalue weighted by molar-refractivity contribution is 0.00578. The van der Waals surface area contributed by atoms with Crippen LogP contribution in [0.2, 0.25) is 0 Å². The van der Waals surface area contributed by atoms with E-state index < -0.39 is 0 Å². The molecule has 1 heterocycles. The maximum atomic E-state index is 5.93. The minimum Gasteiger partial charge on any atom is -0.497 e. The molecule has 1 aliphatic heterocycles. The van der Waals surface area contributed by atoms with Crippen LogP contribution in [-0.4, -0.2) is 32.5 Å². The highest BCUT2D eigenvalue weighted by molar-refractivity contribution is 6.52. The van der Waals surface area contributed by atoms with Gasteiger partial charge in [0, 0.05) is 6.07 Å². The zero-order valence-electron chi connectivity index (χ0n) is 13.6. The molecule has 0 aromatic heterocycles. The van der Waals surface area contributed by atoms with E-state index in [9.17, 15) is 0 Å². The van der Waals surface area contributed by atoms with Gasteiger partial charge in [-0.2, -0.15) is 0 Å². The standard InChI is InChI=1S/C16H23BO4/c1-15(2)16(3,4)21-17(20-15)8-7-12-9-13(18-5)11-14(10-12)19-6/h7-11H,1-6H3/b8-7+. The van der Waals surface area contributed by atoms with Crippen LogP contribution in [0.1, 0.15) is 33.3 Å². The first-order valence-electron chi connectivity index (χ1n) is 7.04. The zero-order chi connectivity index (χ0) is 15.7. The summed E-state index contributed by atoms with van der Waals surface area (Å²) >= 11 is 0. The van der Waals surface area contributed by atoms with Crippen LogP contribution < -0.4 is 9.47 Å². The monoisotopic (exact) mass is 290 g/mol. The van der Waals surface area contributed by atoms with Gasteiger partial charge in [0.05, 0.1) is 25.4 Å². The first kappa shape index (κ1) is 15.9. The quantitative estimate of drug-likeness (QED) is 0.797. The number of hydrogen-bond acceptors (Lipinski definition) is 4. The molecule has 1 aromatic rings. The summed E-state index contributed by atoms with van der Waals surface area (Å²) in [4.78, 5) is 0. The highest BCUT2D eigenvalue weighted by Crippen LogP contribution is 2.37. The van der Waals surface area contributed by atoms with E-state index in [1.165, 1.54) is 0 Å². The molecule has 1 aromatic carbocycles. The molecule has 0 aliphatic carbocycles. The molecule has 5 heteroatoms. The van der Waals surface area contributed by atoms with Crippen LogP contribution in [0.4, 0.5) is 0 Å². The second kappa shape index (κ2) is 5.74. The summed E-state index contributed by atoms with van der Waals surface area (Å²) in [5, 5.41) is 0. The normalized spacial score (nSPS) is 20.0. The van der Waals surface area contributed by atoms with Crippen molar-refractivity contribution in [1.82, 2.24) is 0 Å². The average Bonchev–Trinajstić information content (AvgIpc) is 2.64. The smallest absolute Gasteiger partial charge is 0.487 e. The molecule has 0 radical (unpaired) electrons. The predicted octanol–water partition coefficient (Wildman–Crippen LogP) is 3.35. The highest BCUT2D eigenvalue weighted by atomic mass is 16.7. The van der Waals surface area contributed by atoms with Gasteiger partial charge in [0.15, 0.2) is 0 Å². The first-order valence-corrected chi connectivity index (χ1v) is 7.04. The molecule has 114 valence electrons. The van der Waals surface area contributed by atoms with E-state index in [4.69, 9.17) is 18.8 Å².